The lowest BCUT2D eigenvalue weighted by molar-refractivity contribution is 0.0178. The van der Waals surface area contributed by atoms with E-state index < -0.39 is 15.4 Å². The summed E-state index contributed by atoms with van der Waals surface area (Å²) in [6.45, 7) is 0.889. The summed E-state index contributed by atoms with van der Waals surface area (Å²) in [7, 11) is -1.53. The fourth-order valence-electron chi connectivity index (χ4n) is 2.90. The lowest BCUT2D eigenvalue weighted by atomic mass is 10.0. The van der Waals surface area contributed by atoms with Gasteiger partial charge in [-0.1, -0.05) is 12.8 Å². The Balaban J connectivity index is 1.92. The van der Waals surface area contributed by atoms with Crippen LogP contribution < -0.4 is 0 Å². The fourth-order valence-corrected chi connectivity index (χ4v) is 4.24. The summed E-state index contributed by atoms with van der Waals surface area (Å²) in [5.41, 5.74) is -0.216. The number of nitriles is 1. The molecule has 0 heterocycles. The standard InChI is InChI=1S/C16H22N2O3S/c1-18(13-16(19)8-2-3-9-16)10-11-22(20,21)15-6-4-14(12-17)5-7-15/h4-7,19H,2-3,8-11,13H2,1H3. The maximum Gasteiger partial charge on any atom is 0.179 e. The molecule has 22 heavy (non-hydrogen) atoms. The highest BCUT2D eigenvalue weighted by atomic mass is 32.2. The smallest absolute Gasteiger partial charge is 0.179 e. The fraction of sp³-hybridized carbons (Fsp3) is 0.562. The highest BCUT2D eigenvalue weighted by Gasteiger charge is 2.32. The molecule has 1 fully saturated rings. The average Bonchev–Trinajstić information content (AvgIpc) is 2.91. The van der Waals surface area contributed by atoms with Crippen LogP contribution in [0.5, 0.6) is 0 Å². The molecule has 0 atom stereocenters. The van der Waals surface area contributed by atoms with Crippen LogP contribution in [0, 0.1) is 11.3 Å². The van der Waals surface area contributed by atoms with Crippen molar-refractivity contribution in [1.29, 1.82) is 5.26 Å². The number of likely N-dealkylation sites (N-methyl/N-ethyl adjacent to an activating group) is 1. The summed E-state index contributed by atoms with van der Waals surface area (Å²) in [4.78, 5) is 2.12. The van der Waals surface area contributed by atoms with E-state index in [4.69, 9.17) is 5.26 Å². The number of aliphatic hydroxyl groups is 1. The maximum absolute atomic E-state index is 12.3. The first-order chi connectivity index (χ1) is 10.3. The lowest BCUT2D eigenvalue weighted by Crippen LogP contribution is -2.40. The minimum Gasteiger partial charge on any atom is -0.389 e. The molecule has 0 unspecified atom stereocenters. The monoisotopic (exact) mass is 322 g/mol. The van der Waals surface area contributed by atoms with E-state index in [1.807, 2.05) is 18.0 Å². The van der Waals surface area contributed by atoms with Crippen LogP contribution in [0.25, 0.3) is 0 Å². The summed E-state index contributed by atoms with van der Waals surface area (Å²) in [6.07, 6.45) is 3.65. The maximum atomic E-state index is 12.3. The van der Waals surface area contributed by atoms with Gasteiger partial charge in [-0.05, 0) is 44.2 Å². The molecule has 1 aliphatic rings. The molecule has 120 valence electrons. The molecule has 1 saturated carbocycles. The van der Waals surface area contributed by atoms with E-state index in [0.717, 1.165) is 25.7 Å². The van der Waals surface area contributed by atoms with Gasteiger partial charge in [-0.15, -0.1) is 0 Å². The highest BCUT2D eigenvalue weighted by molar-refractivity contribution is 7.91. The van der Waals surface area contributed by atoms with Crippen LogP contribution in [0.2, 0.25) is 0 Å². The topological polar surface area (TPSA) is 81.4 Å². The van der Waals surface area contributed by atoms with Gasteiger partial charge in [0.05, 0.1) is 27.9 Å². The van der Waals surface area contributed by atoms with E-state index in [-0.39, 0.29) is 10.6 Å². The minimum atomic E-state index is -3.37. The van der Waals surface area contributed by atoms with Crippen LogP contribution in [0.4, 0.5) is 0 Å². The van der Waals surface area contributed by atoms with Gasteiger partial charge in [-0.3, -0.25) is 0 Å². The first-order valence-corrected chi connectivity index (χ1v) is 9.14. The molecule has 1 aliphatic carbocycles. The van der Waals surface area contributed by atoms with Gasteiger partial charge >= 0.3 is 0 Å². The van der Waals surface area contributed by atoms with E-state index in [1.165, 1.54) is 24.3 Å². The van der Waals surface area contributed by atoms with Crippen molar-refractivity contribution in [3.63, 3.8) is 0 Å². The molecule has 2 rings (SSSR count). The van der Waals surface area contributed by atoms with Crippen molar-refractivity contribution in [3.05, 3.63) is 29.8 Å². The van der Waals surface area contributed by atoms with Gasteiger partial charge < -0.3 is 10.0 Å². The predicted molar refractivity (Wildman–Crippen MR) is 84.1 cm³/mol. The lowest BCUT2D eigenvalue weighted by Gasteiger charge is -2.28. The van der Waals surface area contributed by atoms with Crippen LogP contribution in [-0.4, -0.2) is 49.9 Å². The van der Waals surface area contributed by atoms with Gasteiger partial charge in [-0.2, -0.15) is 5.26 Å². The molecule has 5 nitrogen and oxygen atoms in total. The largest absolute Gasteiger partial charge is 0.389 e. The summed E-state index contributed by atoms with van der Waals surface area (Å²) in [6, 6.07) is 7.93. The van der Waals surface area contributed by atoms with Crippen molar-refractivity contribution >= 4 is 9.84 Å². The van der Waals surface area contributed by atoms with Crippen LogP contribution in [0.3, 0.4) is 0 Å². The molecular formula is C16H22N2O3S. The molecule has 1 aromatic carbocycles. The first-order valence-electron chi connectivity index (χ1n) is 7.49. The Morgan fingerprint density at radius 1 is 1.27 bits per heavy atom. The Morgan fingerprint density at radius 2 is 1.86 bits per heavy atom. The van der Waals surface area contributed by atoms with Crippen LogP contribution in [0.1, 0.15) is 31.2 Å². The zero-order valence-corrected chi connectivity index (χ0v) is 13.6. The van der Waals surface area contributed by atoms with Gasteiger partial charge in [-0.25, -0.2) is 8.42 Å². The number of hydrogen-bond acceptors (Lipinski definition) is 5. The van der Waals surface area contributed by atoms with E-state index in [9.17, 15) is 13.5 Å². The van der Waals surface area contributed by atoms with Crippen molar-refractivity contribution in [2.24, 2.45) is 0 Å². The van der Waals surface area contributed by atoms with Crippen LogP contribution in [0.15, 0.2) is 29.2 Å². The molecule has 0 spiro atoms. The number of nitrogens with zero attached hydrogens (tertiary/aromatic N) is 2. The minimum absolute atomic E-state index is 0.00544. The van der Waals surface area contributed by atoms with E-state index in [0.29, 0.717) is 18.7 Å². The Morgan fingerprint density at radius 3 is 2.41 bits per heavy atom. The quantitative estimate of drug-likeness (QED) is 0.860. The Labute approximate surface area is 132 Å². The second-order valence-electron chi connectivity index (χ2n) is 6.12. The molecule has 6 heteroatoms. The third kappa shape index (κ3) is 4.29. The molecule has 1 aromatic rings. The molecule has 0 saturated heterocycles. The van der Waals surface area contributed by atoms with Crippen LogP contribution in [-0.2, 0) is 9.84 Å². The SMILES string of the molecule is CN(CCS(=O)(=O)c1ccc(C#N)cc1)CC1(O)CCCC1. The molecule has 0 radical (unpaired) electrons. The molecule has 0 aromatic heterocycles. The van der Waals surface area contributed by atoms with Crippen molar-refractivity contribution in [2.45, 2.75) is 36.2 Å². The second kappa shape index (κ2) is 6.78. The van der Waals surface area contributed by atoms with E-state index in [1.54, 1.807) is 0 Å². The van der Waals surface area contributed by atoms with Crippen molar-refractivity contribution in [1.82, 2.24) is 4.90 Å². The molecule has 1 N–H and O–H groups in total. The van der Waals surface area contributed by atoms with E-state index in [2.05, 4.69) is 0 Å². The Kier molecular flexibility index (Phi) is 5.22. The Bertz CT molecular complexity index is 641. The summed E-state index contributed by atoms with van der Waals surface area (Å²) in [5, 5.41) is 19.1. The molecule has 0 bridgehead atoms. The van der Waals surface area contributed by atoms with Crippen LogP contribution >= 0.6 is 0 Å². The number of benzene rings is 1. The number of hydrogen-bond donors (Lipinski definition) is 1. The summed E-state index contributed by atoms with van der Waals surface area (Å²) in [5.74, 6) is 0.00544. The molecular weight excluding hydrogens is 300 g/mol. The van der Waals surface area contributed by atoms with Crippen molar-refractivity contribution < 1.29 is 13.5 Å². The molecule has 0 amide bonds. The third-order valence-electron chi connectivity index (χ3n) is 4.18. The van der Waals surface area contributed by atoms with Gasteiger partial charge in [0.2, 0.25) is 0 Å². The highest BCUT2D eigenvalue weighted by Crippen LogP contribution is 2.29. The van der Waals surface area contributed by atoms with Gasteiger partial charge in [0.25, 0.3) is 0 Å². The number of sulfone groups is 1. The first kappa shape index (κ1) is 16.9. The second-order valence-corrected chi connectivity index (χ2v) is 8.23. The van der Waals surface area contributed by atoms with Crippen molar-refractivity contribution in [2.75, 3.05) is 25.9 Å². The average molecular weight is 322 g/mol. The van der Waals surface area contributed by atoms with E-state index >= 15 is 0 Å². The van der Waals surface area contributed by atoms with Gasteiger partial charge in [0, 0.05) is 13.1 Å². The van der Waals surface area contributed by atoms with Gasteiger partial charge in [0.15, 0.2) is 9.84 Å². The zero-order valence-electron chi connectivity index (χ0n) is 12.8. The normalized spacial score (nSPS) is 17.5. The number of rotatable bonds is 6. The summed E-state index contributed by atoms with van der Waals surface area (Å²) < 4.78 is 24.6. The Hall–Kier alpha value is -1.42. The predicted octanol–water partition coefficient (Wildman–Crippen LogP) is 1.57. The van der Waals surface area contributed by atoms with Crippen molar-refractivity contribution in [3.8, 4) is 6.07 Å². The zero-order chi connectivity index (χ0) is 16.2. The van der Waals surface area contributed by atoms with Gasteiger partial charge in [0.1, 0.15) is 0 Å². The summed E-state index contributed by atoms with van der Waals surface area (Å²) >= 11 is 0. The third-order valence-corrected chi connectivity index (χ3v) is 5.89. The molecule has 0 aliphatic heterocycles.